The van der Waals surface area contributed by atoms with Crippen LogP contribution in [0.5, 0.6) is 0 Å². The van der Waals surface area contributed by atoms with Gasteiger partial charge in [0, 0.05) is 32.5 Å². The molecule has 0 aromatic carbocycles. The second-order valence-electron chi connectivity index (χ2n) is 6.72. The Morgan fingerprint density at radius 3 is 2.71 bits per heavy atom. The molecule has 2 aromatic heterocycles. The molecule has 2 saturated heterocycles. The molecule has 0 saturated carbocycles. The summed E-state index contributed by atoms with van der Waals surface area (Å²) in [7, 11) is 1.62. The first kappa shape index (κ1) is 17.8. The zero-order valence-electron chi connectivity index (χ0n) is 15.1. The summed E-state index contributed by atoms with van der Waals surface area (Å²) >= 11 is 0. The molecule has 2 fully saturated rings. The van der Waals surface area contributed by atoms with E-state index in [1.807, 2.05) is 4.90 Å². The molecule has 4 heterocycles. The summed E-state index contributed by atoms with van der Waals surface area (Å²) in [6, 6.07) is 3.96. The topological polar surface area (TPSA) is 120 Å². The van der Waals surface area contributed by atoms with Crippen LogP contribution < -0.4 is 4.90 Å². The van der Waals surface area contributed by atoms with E-state index in [1.165, 1.54) is 23.2 Å². The molecule has 4 rings (SSSR count). The van der Waals surface area contributed by atoms with Crippen molar-refractivity contribution in [2.45, 2.75) is 6.04 Å². The first-order valence-electron chi connectivity index (χ1n) is 8.76. The van der Waals surface area contributed by atoms with Crippen molar-refractivity contribution in [1.29, 1.82) is 0 Å². The molecule has 0 radical (unpaired) electrons. The first-order chi connectivity index (χ1) is 13.4. The van der Waals surface area contributed by atoms with Crippen molar-refractivity contribution in [3.8, 4) is 11.4 Å². The van der Waals surface area contributed by atoms with Crippen molar-refractivity contribution < 1.29 is 19.5 Å². The molecule has 0 bridgehead atoms. The van der Waals surface area contributed by atoms with Crippen LogP contribution in [0.25, 0.3) is 11.4 Å². The Kier molecular flexibility index (Phi) is 4.38. The van der Waals surface area contributed by atoms with E-state index >= 15 is 0 Å². The normalized spacial score (nSPS) is 19.6. The lowest BCUT2D eigenvalue weighted by Crippen LogP contribution is -2.66. The van der Waals surface area contributed by atoms with Crippen molar-refractivity contribution in [2.24, 2.45) is 0 Å². The van der Waals surface area contributed by atoms with Gasteiger partial charge in [0.2, 0.25) is 17.8 Å². The Balaban J connectivity index is 1.60. The third-order valence-corrected chi connectivity index (χ3v) is 4.93. The van der Waals surface area contributed by atoms with Gasteiger partial charge in [-0.25, -0.2) is 14.8 Å². The van der Waals surface area contributed by atoms with Gasteiger partial charge in [-0.3, -0.25) is 14.6 Å². The van der Waals surface area contributed by atoms with E-state index in [9.17, 15) is 14.4 Å². The van der Waals surface area contributed by atoms with Crippen LogP contribution in [0.1, 0.15) is 10.4 Å². The predicted molar refractivity (Wildman–Crippen MR) is 97.6 cm³/mol. The molecule has 1 unspecified atom stereocenters. The molecule has 10 heteroatoms. The highest BCUT2D eigenvalue weighted by Crippen LogP contribution is 2.22. The average Bonchev–Trinajstić information content (AvgIpc) is 2.72. The lowest BCUT2D eigenvalue weighted by Gasteiger charge is -2.45. The van der Waals surface area contributed by atoms with E-state index in [1.54, 1.807) is 24.2 Å². The molecular weight excluding hydrogens is 364 g/mol. The number of carboxylic acids is 1. The molecule has 0 spiro atoms. The molecule has 0 aliphatic carbocycles. The third-order valence-electron chi connectivity index (χ3n) is 4.93. The van der Waals surface area contributed by atoms with Gasteiger partial charge >= 0.3 is 5.97 Å². The summed E-state index contributed by atoms with van der Waals surface area (Å²) in [4.78, 5) is 53.7. The number of carbonyl (C=O) groups is 3. The van der Waals surface area contributed by atoms with Crippen LogP contribution in [0.2, 0.25) is 0 Å². The molecule has 2 aromatic rings. The van der Waals surface area contributed by atoms with Gasteiger partial charge in [0.25, 0.3) is 0 Å². The maximum atomic E-state index is 12.5. The summed E-state index contributed by atoms with van der Waals surface area (Å²) in [5, 5.41) is 9.16. The number of fused-ring (bicyclic) bond motifs is 1. The molecule has 10 nitrogen and oxygen atoms in total. The largest absolute Gasteiger partial charge is 0.478 e. The highest BCUT2D eigenvalue weighted by molar-refractivity contribution is 5.95. The fraction of sp³-hybridized carbons (Fsp3) is 0.333. The minimum atomic E-state index is -1.04. The molecule has 2 aliphatic heterocycles. The molecule has 2 aliphatic rings. The fourth-order valence-electron chi connectivity index (χ4n) is 3.45. The Morgan fingerprint density at radius 2 is 1.93 bits per heavy atom. The Labute approximate surface area is 160 Å². The number of anilines is 1. The summed E-state index contributed by atoms with van der Waals surface area (Å²) in [5.41, 5.74) is 1.03. The van der Waals surface area contributed by atoms with Gasteiger partial charge < -0.3 is 19.8 Å². The summed E-state index contributed by atoms with van der Waals surface area (Å²) in [6.45, 7) is 1.34. The standard InChI is InChI=1S/C18H18N6O4/c1-22-10-15(25)24-7-6-23(9-14(24)16(22)26)18-20-5-3-12(21-18)13-8-11(17(27)28)2-4-19-13/h2-5,8,14H,6-7,9-10H2,1H3,(H,27,28). The predicted octanol–water partition coefficient (Wildman–Crippen LogP) is -0.274. The highest BCUT2D eigenvalue weighted by atomic mass is 16.4. The second-order valence-corrected chi connectivity index (χ2v) is 6.72. The molecule has 1 atom stereocenters. The Morgan fingerprint density at radius 1 is 1.14 bits per heavy atom. The zero-order chi connectivity index (χ0) is 19.8. The number of carboxylic acid groups (broad SMARTS) is 1. The van der Waals surface area contributed by atoms with Gasteiger partial charge in [-0.1, -0.05) is 0 Å². The maximum absolute atomic E-state index is 12.5. The third kappa shape index (κ3) is 3.13. The number of pyridine rings is 1. The van der Waals surface area contributed by atoms with Crippen molar-refractivity contribution >= 4 is 23.7 Å². The van der Waals surface area contributed by atoms with Crippen molar-refractivity contribution in [3.05, 3.63) is 36.2 Å². The number of rotatable bonds is 3. The number of amides is 2. The van der Waals surface area contributed by atoms with Crippen LogP contribution in [0.4, 0.5) is 5.95 Å². The fourth-order valence-corrected chi connectivity index (χ4v) is 3.45. The van der Waals surface area contributed by atoms with Crippen molar-refractivity contribution in [3.63, 3.8) is 0 Å². The summed E-state index contributed by atoms with van der Waals surface area (Å²) in [6.07, 6.45) is 2.99. The van der Waals surface area contributed by atoms with Crippen LogP contribution in [-0.4, -0.2) is 86.9 Å². The van der Waals surface area contributed by atoms with E-state index in [-0.39, 0.29) is 23.9 Å². The van der Waals surface area contributed by atoms with Gasteiger partial charge in [0.1, 0.15) is 6.04 Å². The van der Waals surface area contributed by atoms with Gasteiger partial charge in [-0.2, -0.15) is 0 Å². The first-order valence-corrected chi connectivity index (χ1v) is 8.76. The van der Waals surface area contributed by atoms with Crippen LogP contribution in [0.3, 0.4) is 0 Å². The number of hydrogen-bond donors (Lipinski definition) is 1. The van der Waals surface area contributed by atoms with E-state index in [0.29, 0.717) is 37.0 Å². The molecule has 2 amide bonds. The van der Waals surface area contributed by atoms with Gasteiger partial charge in [0.05, 0.1) is 30.0 Å². The molecule has 28 heavy (non-hydrogen) atoms. The summed E-state index contributed by atoms with van der Waals surface area (Å²) in [5.74, 6) is -0.792. The molecule has 144 valence electrons. The number of carbonyl (C=O) groups excluding carboxylic acids is 2. The van der Waals surface area contributed by atoms with Gasteiger partial charge in [0.15, 0.2) is 0 Å². The lowest BCUT2D eigenvalue weighted by molar-refractivity contribution is -0.154. The zero-order valence-corrected chi connectivity index (χ0v) is 15.1. The number of aromatic carboxylic acids is 1. The lowest BCUT2D eigenvalue weighted by atomic mass is 10.1. The number of nitrogens with zero attached hydrogens (tertiary/aromatic N) is 6. The number of hydrogen-bond acceptors (Lipinski definition) is 7. The molecular formula is C18H18N6O4. The SMILES string of the molecule is CN1CC(=O)N2CCN(c3nccc(-c4cc(C(=O)O)ccn4)n3)CC2C1=O. The van der Waals surface area contributed by atoms with Crippen LogP contribution in [0.15, 0.2) is 30.6 Å². The minimum Gasteiger partial charge on any atom is -0.478 e. The van der Waals surface area contributed by atoms with E-state index < -0.39 is 12.0 Å². The van der Waals surface area contributed by atoms with Gasteiger partial charge in [-0.15, -0.1) is 0 Å². The Hall–Kier alpha value is -3.56. The van der Waals surface area contributed by atoms with Crippen molar-refractivity contribution in [1.82, 2.24) is 24.8 Å². The van der Waals surface area contributed by atoms with Crippen molar-refractivity contribution in [2.75, 3.05) is 38.1 Å². The van der Waals surface area contributed by atoms with Gasteiger partial charge in [-0.05, 0) is 18.2 Å². The smallest absolute Gasteiger partial charge is 0.335 e. The van der Waals surface area contributed by atoms with Crippen LogP contribution in [0, 0.1) is 0 Å². The van der Waals surface area contributed by atoms with E-state index in [0.717, 1.165) is 0 Å². The van der Waals surface area contributed by atoms with E-state index in [4.69, 9.17) is 5.11 Å². The van der Waals surface area contributed by atoms with Crippen LogP contribution >= 0.6 is 0 Å². The quantitative estimate of drug-likeness (QED) is 0.770. The van der Waals surface area contributed by atoms with E-state index in [2.05, 4.69) is 15.0 Å². The Bertz CT molecular complexity index is 965. The number of likely N-dealkylation sites (N-methyl/N-ethyl adjacent to an activating group) is 1. The highest BCUT2D eigenvalue weighted by Gasteiger charge is 2.41. The molecule has 1 N–H and O–H groups in total. The second kappa shape index (κ2) is 6.87. The average molecular weight is 382 g/mol. The minimum absolute atomic E-state index is 0.0592. The summed E-state index contributed by atoms with van der Waals surface area (Å²) < 4.78 is 0. The monoisotopic (exact) mass is 382 g/mol. The number of piperazine rings is 2. The number of aromatic nitrogens is 3. The maximum Gasteiger partial charge on any atom is 0.335 e. The van der Waals surface area contributed by atoms with Crippen LogP contribution in [-0.2, 0) is 9.59 Å².